The van der Waals surface area contributed by atoms with Gasteiger partial charge in [0.25, 0.3) is 0 Å². The number of rotatable bonds is 5. The van der Waals surface area contributed by atoms with Crippen LogP contribution in [0.4, 0.5) is 0 Å². The zero-order valence-corrected chi connectivity index (χ0v) is 11.1. The molecule has 0 aliphatic rings. The number of hydrogen-bond donors (Lipinski definition) is 0. The maximum Gasteiger partial charge on any atom is 0.144 e. The van der Waals surface area contributed by atoms with Crippen molar-refractivity contribution in [2.24, 2.45) is 0 Å². The fourth-order valence-corrected chi connectivity index (χ4v) is 1.94. The van der Waals surface area contributed by atoms with Crippen molar-refractivity contribution in [2.45, 2.75) is 26.2 Å². The molecular formula is C16H19BO. The van der Waals surface area contributed by atoms with Crippen LogP contribution in [0.3, 0.4) is 0 Å². The average molecular weight is 238 g/mol. The Hall–Kier alpha value is -1.70. The van der Waals surface area contributed by atoms with Gasteiger partial charge in [0.2, 0.25) is 0 Å². The standard InChI is InChI=1S/C16H19BO/c1-2-3-7-13-8-6-9-14(12-13)18-16-11-5-4-10-15(16)17/h4-6,8-12H,2-3,7,17H2,1H3. The highest BCUT2D eigenvalue weighted by Gasteiger charge is 2.01. The van der Waals surface area contributed by atoms with Gasteiger partial charge in [-0.2, -0.15) is 0 Å². The van der Waals surface area contributed by atoms with E-state index in [4.69, 9.17) is 4.74 Å². The van der Waals surface area contributed by atoms with Crippen LogP contribution in [0.1, 0.15) is 25.3 Å². The van der Waals surface area contributed by atoms with Crippen molar-refractivity contribution in [3.8, 4) is 11.5 Å². The van der Waals surface area contributed by atoms with Gasteiger partial charge >= 0.3 is 0 Å². The first-order chi connectivity index (χ1) is 8.79. The minimum absolute atomic E-state index is 0.929. The van der Waals surface area contributed by atoms with Gasteiger partial charge in [0, 0.05) is 0 Å². The quantitative estimate of drug-likeness (QED) is 0.727. The molecule has 0 N–H and O–H groups in total. The molecule has 0 saturated heterocycles. The van der Waals surface area contributed by atoms with Crippen LogP contribution in [0.25, 0.3) is 0 Å². The SMILES string of the molecule is Bc1ccccc1Oc1cccc(CCCC)c1. The van der Waals surface area contributed by atoms with Gasteiger partial charge in [-0.25, -0.2) is 0 Å². The summed E-state index contributed by atoms with van der Waals surface area (Å²) in [4.78, 5) is 0. The average Bonchev–Trinajstić information content (AvgIpc) is 2.40. The van der Waals surface area contributed by atoms with Crippen LogP contribution in [0.5, 0.6) is 11.5 Å². The van der Waals surface area contributed by atoms with E-state index < -0.39 is 0 Å². The van der Waals surface area contributed by atoms with Gasteiger partial charge in [0.1, 0.15) is 19.3 Å². The van der Waals surface area contributed by atoms with Crippen LogP contribution >= 0.6 is 0 Å². The highest BCUT2D eigenvalue weighted by atomic mass is 16.5. The van der Waals surface area contributed by atoms with Crippen molar-refractivity contribution in [2.75, 3.05) is 0 Å². The lowest BCUT2D eigenvalue weighted by Gasteiger charge is -2.09. The Labute approximate surface area is 110 Å². The molecule has 18 heavy (non-hydrogen) atoms. The Morgan fingerprint density at radius 2 is 1.89 bits per heavy atom. The third-order valence-corrected chi connectivity index (χ3v) is 3.04. The Balaban J connectivity index is 2.12. The van der Waals surface area contributed by atoms with E-state index in [2.05, 4.69) is 39.0 Å². The molecule has 2 rings (SSSR count). The van der Waals surface area contributed by atoms with E-state index in [9.17, 15) is 0 Å². The molecule has 2 heteroatoms. The molecule has 0 aromatic heterocycles. The van der Waals surface area contributed by atoms with Crippen LogP contribution in [0.2, 0.25) is 0 Å². The molecule has 2 aromatic rings. The number of benzene rings is 2. The molecule has 2 aromatic carbocycles. The van der Waals surface area contributed by atoms with Crippen LogP contribution in [0, 0.1) is 0 Å². The Morgan fingerprint density at radius 1 is 1.06 bits per heavy atom. The maximum absolute atomic E-state index is 5.93. The third kappa shape index (κ3) is 3.40. The predicted molar refractivity (Wildman–Crippen MR) is 79.7 cm³/mol. The Kier molecular flexibility index (Phi) is 4.46. The number of hydrogen-bond acceptors (Lipinski definition) is 1. The summed E-state index contributed by atoms with van der Waals surface area (Å²) >= 11 is 0. The van der Waals surface area contributed by atoms with Crippen molar-refractivity contribution in [3.63, 3.8) is 0 Å². The second-order valence-corrected chi connectivity index (χ2v) is 4.62. The van der Waals surface area contributed by atoms with Crippen molar-refractivity contribution >= 4 is 13.3 Å². The van der Waals surface area contributed by atoms with Gasteiger partial charge in [-0.05, 0) is 42.1 Å². The van der Waals surface area contributed by atoms with Gasteiger partial charge < -0.3 is 4.74 Å². The van der Waals surface area contributed by atoms with Crippen molar-refractivity contribution < 1.29 is 4.74 Å². The van der Waals surface area contributed by atoms with E-state index in [-0.39, 0.29) is 0 Å². The van der Waals surface area contributed by atoms with Gasteiger partial charge in [-0.15, -0.1) is 0 Å². The first-order valence-corrected chi connectivity index (χ1v) is 6.62. The van der Waals surface area contributed by atoms with E-state index in [1.165, 1.54) is 18.4 Å². The monoisotopic (exact) mass is 238 g/mol. The molecule has 0 amide bonds. The van der Waals surface area contributed by atoms with E-state index in [1.807, 2.05) is 24.3 Å². The molecule has 0 heterocycles. The molecule has 0 fully saturated rings. The van der Waals surface area contributed by atoms with Crippen LogP contribution in [-0.4, -0.2) is 7.85 Å². The largest absolute Gasteiger partial charge is 0.458 e. The minimum atomic E-state index is 0.929. The van der Waals surface area contributed by atoms with E-state index in [0.29, 0.717) is 0 Å². The summed E-state index contributed by atoms with van der Waals surface area (Å²) in [7, 11) is 2.07. The second kappa shape index (κ2) is 6.30. The number of ether oxygens (including phenoxy) is 1. The summed E-state index contributed by atoms with van der Waals surface area (Å²) in [6.07, 6.45) is 3.58. The normalized spacial score (nSPS) is 10.3. The lowest BCUT2D eigenvalue weighted by atomic mass is 9.95. The lowest BCUT2D eigenvalue weighted by molar-refractivity contribution is 0.485. The summed E-state index contributed by atoms with van der Waals surface area (Å²) in [5.74, 6) is 1.86. The Bertz CT molecular complexity index is 508. The highest BCUT2D eigenvalue weighted by Crippen LogP contribution is 2.21. The molecule has 92 valence electrons. The smallest absolute Gasteiger partial charge is 0.144 e. The third-order valence-electron chi connectivity index (χ3n) is 3.04. The second-order valence-electron chi connectivity index (χ2n) is 4.62. The molecular weight excluding hydrogens is 219 g/mol. The van der Waals surface area contributed by atoms with E-state index in [1.54, 1.807) is 0 Å². The van der Waals surface area contributed by atoms with Crippen molar-refractivity contribution in [1.29, 1.82) is 0 Å². The summed E-state index contributed by atoms with van der Waals surface area (Å²) < 4.78 is 5.93. The van der Waals surface area contributed by atoms with E-state index in [0.717, 1.165) is 23.4 Å². The highest BCUT2D eigenvalue weighted by molar-refractivity contribution is 6.34. The van der Waals surface area contributed by atoms with Crippen LogP contribution < -0.4 is 10.2 Å². The molecule has 0 unspecified atom stereocenters. The summed E-state index contributed by atoms with van der Waals surface area (Å²) in [6, 6.07) is 16.5. The van der Waals surface area contributed by atoms with Crippen molar-refractivity contribution in [1.82, 2.24) is 0 Å². The molecule has 0 spiro atoms. The fourth-order valence-electron chi connectivity index (χ4n) is 1.94. The number of unbranched alkanes of at least 4 members (excludes halogenated alkanes) is 1. The van der Waals surface area contributed by atoms with Gasteiger partial charge in [-0.1, -0.05) is 43.7 Å². The number of aryl methyl sites for hydroxylation is 1. The fraction of sp³-hybridized carbons (Fsp3) is 0.250. The molecule has 1 nitrogen and oxygen atoms in total. The molecule has 0 bridgehead atoms. The zero-order valence-electron chi connectivity index (χ0n) is 11.1. The number of para-hydroxylation sites is 1. The van der Waals surface area contributed by atoms with Crippen LogP contribution in [0.15, 0.2) is 48.5 Å². The summed E-state index contributed by atoms with van der Waals surface area (Å²) in [5.41, 5.74) is 2.51. The Morgan fingerprint density at radius 3 is 2.67 bits per heavy atom. The molecule has 0 radical (unpaired) electrons. The zero-order chi connectivity index (χ0) is 12.8. The van der Waals surface area contributed by atoms with Crippen molar-refractivity contribution in [3.05, 3.63) is 54.1 Å². The first kappa shape index (κ1) is 12.8. The van der Waals surface area contributed by atoms with Gasteiger partial charge in [0.15, 0.2) is 0 Å². The lowest BCUT2D eigenvalue weighted by Crippen LogP contribution is -2.05. The predicted octanol–water partition coefficient (Wildman–Crippen LogP) is 3.08. The molecule has 0 aliphatic carbocycles. The molecule has 0 saturated carbocycles. The topological polar surface area (TPSA) is 9.23 Å². The van der Waals surface area contributed by atoms with Crippen LogP contribution in [-0.2, 0) is 6.42 Å². The first-order valence-electron chi connectivity index (χ1n) is 6.62. The minimum Gasteiger partial charge on any atom is -0.458 e. The molecule has 0 atom stereocenters. The van der Waals surface area contributed by atoms with E-state index >= 15 is 0 Å². The maximum atomic E-state index is 5.93. The summed E-state index contributed by atoms with van der Waals surface area (Å²) in [6.45, 7) is 2.22. The van der Waals surface area contributed by atoms with Gasteiger partial charge in [0.05, 0.1) is 0 Å². The molecule has 0 aliphatic heterocycles. The van der Waals surface area contributed by atoms with Gasteiger partial charge in [-0.3, -0.25) is 0 Å². The summed E-state index contributed by atoms with van der Waals surface area (Å²) in [5, 5.41) is 0.